The Morgan fingerprint density at radius 2 is 1.91 bits per heavy atom. The third-order valence-corrected chi connectivity index (χ3v) is 5.42. The second-order valence-electron chi connectivity index (χ2n) is 7.54. The maximum Gasteiger partial charge on any atom is 0.194 e. The highest BCUT2D eigenvalue weighted by Gasteiger charge is 2.18. The van der Waals surface area contributed by atoms with Crippen molar-refractivity contribution >= 4 is 36.0 Å². The van der Waals surface area contributed by atoms with Gasteiger partial charge in [-0.05, 0) is 17.2 Å². The van der Waals surface area contributed by atoms with Crippen molar-refractivity contribution in [2.75, 3.05) is 39.8 Å². The highest BCUT2D eigenvalue weighted by Crippen LogP contribution is 2.15. The Kier molecular flexibility index (Phi) is 9.24. The highest BCUT2D eigenvalue weighted by molar-refractivity contribution is 14.0. The van der Waals surface area contributed by atoms with Crippen molar-refractivity contribution in [3.63, 3.8) is 0 Å². The van der Waals surface area contributed by atoms with Crippen molar-refractivity contribution in [1.82, 2.24) is 30.3 Å². The minimum Gasteiger partial charge on any atom is -0.352 e. The summed E-state index contributed by atoms with van der Waals surface area (Å²) in [6.07, 6.45) is 5.97. The molecule has 0 bridgehead atoms. The van der Waals surface area contributed by atoms with Gasteiger partial charge in [-0.15, -0.1) is 24.0 Å². The second-order valence-corrected chi connectivity index (χ2v) is 7.54. The molecule has 0 spiro atoms. The Morgan fingerprint density at radius 1 is 1.09 bits per heavy atom. The van der Waals surface area contributed by atoms with Crippen LogP contribution in [0.15, 0.2) is 72.0 Å². The summed E-state index contributed by atoms with van der Waals surface area (Å²) >= 11 is 0. The summed E-state index contributed by atoms with van der Waals surface area (Å²) in [5.41, 5.74) is 3.46. The zero-order chi connectivity index (χ0) is 21.3. The van der Waals surface area contributed by atoms with Crippen molar-refractivity contribution < 1.29 is 0 Å². The largest absolute Gasteiger partial charge is 0.352 e. The van der Waals surface area contributed by atoms with Gasteiger partial charge in [-0.2, -0.15) is 5.10 Å². The van der Waals surface area contributed by atoms with Crippen LogP contribution in [0, 0.1) is 0 Å². The van der Waals surface area contributed by atoms with Gasteiger partial charge in [-0.25, -0.2) is 4.98 Å². The molecule has 1 aromatic heterocycles. The van der Waals surface area contributed by atoms with E-state index >= 15 is 0 Å². The van der Waals surface area contributed by atoms with E-state index in [1.54, 1.807) is 0 Å². The molecule has 7 nitrogen and oxygen atoms in total. The van der Waals surface area contributed by atoms with Crippen molar-refractivity contribution in [2.24, 2.45) is 4.99 Å². The molecular formula is C24H30IN7. The van der Waals surface area contributed by atoms with Crippen LogP contribution in [0.5, 0.6) is 0 Å². The van der Waals surface area contributed by atoms with E-state index in [2.05, 4.69) is 83.8 Å². The molecule has 0 unspecified atom stereocenters. The number of nitrogens with zero attached hydrogens (tertiary/aromatic N) is 5. The molecule has 1 aliphatic heterocycles. The van der Waals surface area contributed by atoms with E-state index < -0.39 is 0 Å². The molecule has 1 fully saturated rings. The fourth-order valence-electron chi connectivity index (χ4n) is 3.73. The summed E-state index contributed by atoms with van der Waals surface area (Å²) < 4.78 is 0. The number of benzene rings is 2. The van der Waals surface area contributed by atoms with Gasteiger partial charge in [-0.1, -0.05) is 60.7 Å². The lowest BCUT2D eigenvalue weighted by Crippen LogP contribution is -2.52. The van der Waals surface area contributed by atoms with Crippen molar-refractivity contribution in [1.29, 1.82) is 0 Å². The number of hydrogen-bond donors (Lipinski definition) is 2. The van der Waals surface area contributed by atoms with Gasteiger partial charge in [-0.3, -0.25) is 15.0 Å². The van der Waals surface area contributed by atoms with E-state index in [-0.39, 0.29) is 24.0 Å². The smallest absolute Gasteiger partial charge is 0.194 e. The second kappa shape index (κ2) is 12.4. The number of rotatable bonds is 6. The minimum atomic E-state index is 0. The van der Waals surface area contributed by atoms with E-state index in [4.69, 9.17) is 0 Å². The predicted molar refractivity (Wildman–Crippen MR) is 141 cm³/mol. The Hall–Kier alpha value is -2.72. The maximum atomic E-state index is 4.50. The van der Waals surface area contributed by atoms with Crippen LogP contribution in [0.2, 0.25) is 0 Å². The Labute approximate surface area is 206 Å². The summed E-state index contributed by atoms with van der Waals surface area (Å²) in [6, 6.07) is 18.8. The predicted octanol–water partition coefficient (Wildman–Crippen LogP) is 3.50. The molecule has 0 amide bonds. The van der Waals surface area contributed by atoms with Gasteiger partial charge in [0.15, 0.2) is 11.8 Å². The number of nitrogens with one attached hydrogen (secondary N) is 2. The summed E-state index contributed by atoms with van der Waals surface area (Å²) in [7, 11) is 1.85. The molecule has 2 aromatic carbocycles. The molecule has 1 saturated heterocycles. The van der Waals surface area contributed by atoms with Crippen LogP contribution in [-0.4, -0.2) is 70.7 Å². The van der Waals surface area contributed by atoms with E-state index in [1.807, 2.05) is 25.2 Å². The van der Waals surface area contributed by atoms with Gasteiger partial charge < -0.3 is 10.2 Å². The molecule has 0 aliphatic carbocycles. The SMILES string of the molecule is CN=C(NCc1cccc(-c2ncn[nH]2)c1)N1CCN(C/C=C/c2ccccc2)CC1.I. The standard InChI is InChI=1S/C24H29N7.HI/c1-25-24(26-18-21-9-5-11-22(17-21)23-27-19-28-29-23)31-15-13-30(14-16-31)12-6-10-20-7-3-2-4-8-20;/h2-11,17,19H,12-16,18H2,1H3,(H,25,26)(H,27,28,29);1H/b10-6+;. The quantitative estimate of drug-likeness (QED) is 0.283. The molecule has 32 heavy (non-hydrogen) atoms. The van der Waals surface area contributed by atoms with Gasteiger partial charge in [0.1, 0.15) is 6.33 Å². The zero-order valence-corrected chi connectivity index (χ0v) is 20.6. The normalized spacial score (nSPS) is 15.0. The number of H-pyrrole nitrogens is 1. The van der Waals surface area contributed by atoms with Gasteiger partial charge in [0.05, 0.1) is 0 Å². The lowest BCUT2D eigenvalue weighted by molar-refractivity contribution is 0.194. The monoisotopic (exact) mass is 543 g/mol. The Balaban J connectivity index is 0.00000289. The molecule has 1 aliphatic rings. The first kappa shape index (κ1) is 23.9. The molecule has 3 aromatic rings. The van der Waals surface area contributed by atoms with Gasteiger partial charge in [0.25, 0.3) is 0 Å². The fraction of sp³-hybridized carbons (Fsp3) is 0.292. The fourth-order valence-corrected chi connectivity index (χ4v) is 3.73. The molecule has 2 heterocycles. The summed E-state index contributed by atoms with van der Waals surface area (Å²) in [5, 5.41) is 10.3. The summed E-state index contributed by atoms with van der Waals surface area (Å²) in [5.74, 6) is 1.73. The van der Waals surface area contributed by atoms with Gasteiger partial charge >= 0.3 is 0 Å². The summed E-state index contributed by atoms with van der Waals surface area (Å²) in [6.45, 7) is 5.69. The molecule has 0 radical (unpaired) electrons. The zero-order valence-electron chi connectivity index (χ0n) is 18.3. The van der Waals surface area contributed by atoms with Gasteiger partial charge in [0, 0.05) is 51.9 Å². The number of guanidine groups is 1. The number of aliphatic imine (C=N–C) groups is 1. The first-order chi connectivity index (χ1) is 15.3. The molecule has 0 atom stereocenters. The molecule has 168 valence electrons. The van der Waals surface area contributed by atoms with Crippen LogP contribution < -0.4 is 5.32 Å². The van der Waals surface area contributed by atoms with E-state index in [0.29, 0.717) is 6.54 Å². The third kappa shape index (κ3) is 6.64. The van der Waals surface area contributed by atoms with Crippen LogP contribution in [0.1, 0.15) is 11.1 Å². The van der Waals surface area contributed by atoms with Gasteiger partial charge in [0.2, 0.25) is 0 Å². The van der Waals surface area contributed by atoms with Crippen molar-refractivity contribution in [3.05, 3.63) is 78.1 Å². The van der Waals surface area contributed by atoms with E-state index in [1.165, 1.54) is 17.5 Å². The first-order valence-electron chi connectivity index (χ1n) is 10.7. The molecule has 4 rings (SSSR count). The molecule has 0 saturated carbocycles. The number of piperazine rings is 1. The lowest BCUT2D eigenvalue weighted by Gasteiger charge is -2.36. The average Bonchev–Trinajstić information content (AvgIpc) is 3.37. The number of hydrogen-bond acceptors (Lipinski definition) is 4. The number of aromatic nitrogens is 3. The molecule has 8 heteroatoms. The van der Waals surface area contributed by atoms with Crippen LogP contribution in [-0.2, 0) is 6.54 Å². The first-order valence-corrected chi connectivity index (χ1v) is 10.7. The lowest BCUT2D eigenvalue weighted by atomic mass is 10.1. The average molecular weight is 543 g/mol. The number of halogens is 1. The number of aromatic amines is 1. The third-order valence-electron chi connectivity index (χ3n) is 5.42. The molecule has 2 N–H and O–H groups in total. The van der Waals surface area contributed by atoms with E-state index in [9.17, 15) is 0 Å². The topological polar surface area (TPSA) is 72.4 Å². The minimum absolute atomic E-state index is 0. The van der Waals surface area contributed by atoms with Crippen LogP contribution >= 0.6 is 24.0 Å². The Morgan fingerprint density at radius 3 is 2.62 bits per heavy atom. The van der Waals surface area contributed by atoms with E-state index in [0.717, 1.165) is 50.1 Å². The van der Waals surface area contributed by atoms with Crippen LogP contribution in [0.25, 0.3) is 17.5 Å². The van der Waals surface area contributed by atoms with Crippen LogP contribution in [0.4, 0.5) is 0 Å². The molecular weight excluding hydrogens is 513 g/mol. The maximum absolute atomic E-state index is 4.50. The summed E-state index contributed by atoms with van der Waals surface area (Å²) in [4.78, 5) is 13.5. The van der Waals surface area contributed by atoms with Crippen molar-refractivity contribution in [2.45, 2.75) is 6.54 Å². The van der Waals surface area contributed by atoms with Crippen molar-refractivity contribution in [3.8, 4) is 11.4 Å². The Bertz CT molecular complexity index is 994. The van der Waals surface area contributed by atoms with Crippen LogP contribution in [0.3, 0.4) is 0 Å². The highest BCUT2D eigenvalue weighted by atomic mass is 127.